The molecule has 3 N–H and O–H groups in total. The molecule has 0 saturated heterocycles. The number of rotatable bonds is 8. The number of thioether (sulfide) groups is 1. The van der Waals surface area contributed by atoms with Gasteiger partial charge in [-0.25, -0.2) is 0 Å². The van der Waals surface area contributed by atoms with Gasteiger partial charge in [-0.3, -0.25) is 9.59 Å². The van der Waals surface area contributed by atoms with Crippen LogP contribution < -0.4 is 10.6 Å². The van der Waals surface area contributed by atoms with E-state index in [9.17, 15) is 9.59 Å². The minimum absolute atomic E-state index is 0.0209. The van der Waals surface area contributed by atoms with Crippen LogP contribution in [0.3, 0.4) is 0 Å². The van der Waals surface area contributed by atoms with Crippen molar-refractivity contribution in [2.45, 2.75) is 19.4 Å². The van der Waals surface area contributed by atoms with E-state index >= 15 is 0 Å². The van der Waals surface area contributed by atoms with Gasteiger partial charge in [0.2, 0.25) is 5.91 Å². The van der Waals surface area contributed by atoms with Gasteiger partial charge in [-0.15, -0.1) is 0 Å². The molecule has 0 aliphatic carbocycles. The lowest BCUT2D eigenvalue weighted by Gasteiger charge is -2.20. The highest BCUT2D eigenvalue weighted by molar-refractivity contribution is 7.99. The SMILES string of the molecule is CCN(C(=O)CSCCC(N)C(=O)O)c1ccccc1. The molecule has 110 valence electrons. The van der Waals surface area contributed by atoms with Crippen molar-refractivity contribution in [2.75, 3.05) is 23.0 Å². The van der Waals surface area contributed by atoms with Gasteiger partial charge in [0, 0.05) is 12.2 Å². The van der Waals surface area contributed by atoms with E-state index in [2.05, 4.69) is 0 Å². The van der Waals surface area contributed by atoms with Crippen molar-refractivity contribution >= 4 is 29.3 Å². The molecule has 1 amide bonds. The Labute approximate surface area is 123 Å². The molecule has 1 rings (SSSR count). The number of benzene rings is 1. The molecular weight excluding hydrogens is 276 g/mol. The van der Waals surface area contributed by atoms with Crippen LogP contribution in [-0.4, -0.2) is 41.1 Å². The highest BCUT2D eigenvalue weighted by Gasteiger charge is 2.15. The summed E-state index contributed by atoms with van der Waals surface area (Å²) in [5.74, 6) is -0.0929. The number of hydrogen-bond donors (Lipinski definition) is 2. The normalized spacial score (nSPS) is 11.9. The van der Waals surface area contributed by atoms with Crippen LogP contribution in [-0.2, 0) is 9.59 Å². The van der Waals surface area contributed by atoms with Gasteiger partial charge in [-0.05, 0) is 31.2 Å². The number of aliphatic carboxylic acids is 1. The van der Waals surface area contributed by atoms with Crippen molar-refractivity contribution in [3.05, 3.63) is 30.3 Å². The number of carboxylic acid groups (broad SMARTS) is 1. The Morgan fingerprint density at radius 2 is 2.00 bits per heavy atom. The quantitative estimate of drug-likeness (QED) is 0.712. The van der Waals surface area contributed by atoms with Crippen LogP contribution >= 0.6 is 11.8 Å². The number of carbonyl (C=O) groups excluding carboxylic acids is 1. The summed E-state index contributed by atoms with van der Waals surface area (Å²) in [5.41, 5.74) is 6.28. The van der Waals surface area contributed by atoms with E-state index in [0.29, 0.717) is 24.5 Å². The molecule has 5 nitrogen and oxygen atoms in total. The molecule has 0 spiro atoms. The molecule has 1 aromatic rings. The maximum absolute atomic E-state index is 12.1. The van der Waals surface area contributed by atoms with Crippen LogP contribution in [0, 0.1) is 0 Å². The van der Waals surface area contributed by atoms with Crippen molar-refractivity contribution in [1.82, 2.24) is 0 Å². The third-order valence-corrected chi connectivity index (χ3v) is 3.78. The smallest absolute Gasteiger partial charge is 0.320 e. The highest BCUT2D eigenvalue weighted by Crippen LogP contribution is 2.15. The maximum atomic E-state index is 12.1. The third kappa shape index (κ3) is 5.22. The summed E-state index contributed by atoms with van der Waals surface area (Å²) in [6, 6.07) is 8.63. The largest absolute Gasteiger partial charge is 0.480 e. The third-order valence-electron chi connectivity index (χ3n) is 2.80. The monoisotopic (exact) mass is 296 g/mol. The van der Waals surface area contributed by atoms with Crippen molar-refractivity contribution in [2.24, 2.45) is 5.73 Å². The Morgan fingerprint density at radius 3 is 2.55 bits per heavy atom. The Bertz CT molecular complexity index is 439. The van der Waals surface area contributed by atoms with Gasteiger partial charge in [-0.2, -0.15) is 11.8 Å². The van der Waals surface area contributed by atoms with Crippen molar-refractivity contribution in [1.29, 1.82) is 0 Å². The summed E-state index contributed by atoms with van der Waals surface area (Å²) in [7, 11) is 0. The number of amides is 1. The van der Waals surface area contributed by atoms with Crippen molar-refractivity contribution in [3.8, 4) is 0 Å². The van der Waals surface area contributed by atoms with Crippen LogP contribution in [0.25, 0.3) is 0 Å². The first-order valence-corrected chi connectivity index (χ1v) is 7.63. The topological polar surface area (TPSA) is 83.6 Å². The summed E-state index contributed by atoms with van der Waals surface area (Å²) >= 11 is 1.41. The van der Waals surface area contributed by atoms with E-state index in [1.165, 1.54) is 11.8 Å². The molecule has 0 aliphatic heterocycles. The minimum Gasteiger partial charge on any atom is -0.480 e. The lowest BCUT2D eigenvalue weighted by Crippen LogP contribution is -2.33. The molecule has 0 saturated carbocycles. The molecule has 0 heterocycles. The Balaban J connectivity index is 2.39. The van der Waals surface area contributed by atoms with E-state index in [1.807, 2.05) is 37.3 Å². The first-order valence-electron chi connectivity index (χ1n) is 6.47. The molecule has 0 aromatic heterocycles. The van der Waals surface area contributed by atoms with E-state index in [-0.39, 0.29) is 5.91 Å². The number of anilines is 1. The predicted molar refractivity (Wildman–Crippen MR) is 82.0 cm³/mol. The summed E-state index contributed by atoms with van der Waals surface area (Å²) in [5, 5.41) is 8.66. The number of hydrogen-bond acceptors (Lipinski definition) is 4. The number of nitrogens with two attached hydrogens (primary N) is 1. The molecule has 6 heteroatoms. The van der Waals surface area contributed by atoms with Crippen molar-refractivity contribution < 1.29 is 14.7 Å². The zero-order chi connectivity index (χ0) is 15.0. The van der Waals surface area contributed by atoms with Crippen molar-refractivity contribution in [3.63, 3.8) is 0 Å². The second kappa shape index (κ2) is 8.60. The lowest BCUT2D eigenvalue weighted by atomic mass is 10.2. The number of carbonyl (C=O) groups is 2. The van der Waals surface area contributed by atoms with E-state index < -0.39 is 12.0 Å². The second-order valence-electron chi connectivity index (χ2n) is 4.26. The van der Waals surface area contributed by atoms with Gasteiger partial charge in [0.25, 0.3) is 0 Å². The maximum Gasteiger partial charge on any atom is 0.320 e. The van der Waals surface area contributed by atoms with E-state index in [0.717, 1.165) is 5.69 Å². The van der Waals surface area contributed by atoms with Gasteiger partial charge in [0.1, 0.15) is 6.04 Å². The molecule has 1 unspecified atom stereocenters. The predicted octanol–water partition coefficient (Wildman–Crippen LogP) is 1.57. The van der Waals surface area contributed by atoms with Gasteiger partial charge in [-0.1, -0.05) is 18.2 Å². The summed E-state index contributed by atoms with van der Waals surface area (Å²) in [6.45, 7) is 2.54. The number of carboxylic acids is 1. The minimum atomic E-state index is -1.00. The Morgan fingerprint density at radius 1 is 1.35 bits per heavy atom. The van der Waals surface area contributed by atoms with Crippen LogP contribution in [0.5, 0.6) is 0 Å². The fourth-order valence-corrected chi connectivity index (χ4v) is 2.58. The molecular formula is C14H20N2O3S. The lowest BCUT2D eigenvalue weighted by molar-refractivity contribution is -0.138. The first-order chi connectivity index (χ1) is 9.56. The van der Waals surface area contributed by atoms with Gasteiger partial charge in [0.15, 0.2) is 0 Å². The van der Waals surface area contributed by atoms with Crippen LogP contribution in [0.2, 0.25) is 0 Å². The zero-order valence-electron chi connectivity index (χ0n) is 11.5. The molecule has 1 atom stereocenters. The van der Waals surface area contributed by atoms with E-state index in [4.69, 9.17) is 10.8 Å². The average molecular weight is 296 g/mol. The van der Waals surface area contributed by atoms with Gasteiger partial charge >= 0.3 is 5.97 Å². The van der Waals surface area contributed by atoms with Gasteiger partial charge in [0.05, 0.1) is 5.75 Å². The number of nitrogens with zero attached hydrogens (tertiary/aromatic N) is 1. The first kappa shape index (κ1) is 16.5. The molecule has 0 bridgehead atoms. The summed E-state index contributed by atoms with van der Waals surface area (Å²) in [4.78, 5) is 24.4. The summed E-state index contributed by atoms with van der Waals surface area (Å²) in [6.07, 6.45) is 0.366. The van der Waals surface area contributed by atoms with Crippen LogP contribution in [0.4, 0.5) is 5.69 Å². The fourth-order valence-electron chi connectivity index (χ4n) is 1.68. The molecule has 0 aliphatic rings. The highest BCUT2D eigenvalue weighted by atomic mass is 32.2. The zero-order valence-corrected chi connectivity index (χ0v) is 12.3. The Kier molecular flexibility index (Phi) is 7.11. The van der Waals surface area contributed by atoms with E-state index in [1.54, 1.807) is 4.90 Å². The number of para-hydroxylation sites is 1. The molecule has 0 radical (unpaired) electrons. The average Bonchev–Trinajstić information content (AvgIpc) is 2.45. The molecule has 20 heavy (non-hydrogen) atoms. The van der Waals surface area contributed by atoms with Gasteiger partial charge < -0.3 is 15.7 Å². The molecule has 0 fully saturated rings. The van der Waals surface area contributed by atoms with Crippen LogP contribution in [0.15, 0.2) is 30.3 Å². The second-order valence-corrected chi connectivity index (χ2v) is 5.36. The fraction of sp³-hybridized carbons (Fsp3) is 0.429. The standard InChI is InChI=1S/C14H20N2O3S/c1-2-16(11-6-4-3-5-7-11)13(17)10-20-9-8-12(15)14(18)19/h3-7,12H,2,8-10,15H2,1H3,(H,18,19). The Hall–Kier alpha value is -1.53. The molecule has 1 aromatic carbocycles. The summed E-state index contributed by atoms with van der Waals surface area (Å²) < 4.78 is 0. The van der Waals surface area contributed by atoms with Crippen LogP contribution in [0.1, 0.15) is 13.3 Å².